The second-order valence-electron chi connectivity index (χ2n) is 18.4. The Morgan fingerprint density at radius 1 is 0.288 bits per heavy atom. The molecule has 73 heavy (non-hydrogen) atoms. The fraction of sp³-hybridized carbons (Fsp3) is 0.567. The molecule has 408 valence electrons. The van der Waals surface area contributed by atoms with Crippen LogP contribution in [0.25, 0.3) is 0 Å². The highest BCUT2D eigenvalue weighted by molar-refractivity contribution is 5.71. The van der Waals surface area contributed by atoms with Gasteiger partial charge in [0.15, 0.2) is 6.10 Å². The molecule has 0 aliphatic rings. The van der Waals surface area contributed by atoms with Crippen molar-refractivity contribution >= 4 is 17.9 Å². The molecule has 0 aromatic carbocycles. The van der Waals surface area contributed by atoms with E-state index in [0.29, 0.717) is 19.3 Å². The summed E-state index contributed by atoms with van der Waals surface area (Å²) in [6.45, 7) is 6.31. The highest BCUT2D eigenvalue weighted by Gasteiger charge is 2.19. The Labute approximate surface area is 448 Å². The Morgan fingerprint density at radius 2 is 0.534 bits per heavy atom. The van der Waals surface area contributed by atoms with Crippen molar-refractivity contribution in [1.29, 1.82) is 0 Å². The number of allylic oxidation sites excluding steroid dienone is 26. The van der Waals surface area contributed by atoms with Crippen LogP contribution < -0.4 is 0 Å². The van der Waals surface area contributed by atoms with Crippen LogP contribution in [-0.2, 0) is 28.6 Å². The summed E-state index contributed by atoms with van der Waals surface area (Å²) in [7, 11) is 0. The number of rotatable bonds is 50. The monoisotopic (exact) mass is 1000 g/mol. The van der Waals surface area contributed by atoms with Crippen molar-refractivity contribution in [3.63, 3.8) is 0 Å². The van der Waals surface area contributed by atoms with E-state index >= 15 is 0 Å². The van der Waals surface area contributed by atoms with Crippen molar-refractivity contribution < 1.29 is 28.6 Å². The summed E-state index contributed by atoms with van der Waals surface area (Å²) in [5.41, 5.74) is 0. The van der Waals surface area contributed by atoms with Crippen molar-refractivity contribution in [1.82, 2.24) is 0 Å². The minimum absolute atomic E-state index is 0.111. The van der Waals surface area contributed by atoms with Gasteiger partial charge in [0.05, 0.1) is 0 Å². The van der Waals surface area contributed by atoms with Gasteiger partial charge in [0, 0.05) is 19.3 Å². The highest BCUT2D eigenvalue weighted by Crippen LogP contribution is 2.13. The lowest BCUT2D eigenvalue weighted by atomic mass is 10.1. The van der Waals surface area contributed by atoms with Crippen molar-refractivity contribution in [3.05, 3.63) is 158 Å². The Morgan fingerprint density at radius 3 is 0.863 bits per heavy atom. The molecule has 0 aromatic rings. The number of carbonyl (C=O) groups excluding carboxylic acids is 3. The van der Waals surface area contributed by atoms with Crippen LogP contribution in [0.2, 0.25) is 0 Å². The maximum absolute atomic E-state index is 12.8. The molecule has 0 heterocycles. The zero-order valence-corrected chi connectivity index (χ0v) is 46.6. The molecule has 1 unspecified atom stereocenters. The van der Waals surface area contributed by atoms with Gasteiger partial charge in [0.2, 0.25) is 0 Å². The molecule has 0 saturated heterocycles. The lowest BCUT2D eigenvalue weighted by molar-refractivity contribution is -0.167. The largest absolute Gasteiger partial charge is 0.462 e. The van der Waals surface area contributed by atoms with Crippen molar-refractivity contribution in [2.45, 2.75) is 232 Å². The third-order valence-electron chi connectivity index (χ3n) is 11.5. The molecule has 0 N–H and O–H groups in total. The Hall–Kier alpha value is -4.97. The Balaban J connectivity index is 4.44. The molecule has 0 saturated carbocycles. The van der Waals surface area contributed by atoms with Gasteiger partial charge < -0.3 is 14.2 Å². The molecule has 0 aliphatic carbocycles. The fourth-order valence-corrected chi connectivity index (χ4v) is 7.25. The number of hydrogen-bond acceptors (Lipinski definition) is 6. The van der Waals surface area contributed by atoms with Crippen LogP contribution in [0.4, 0.5) is 0 Å². The predicted molar refractivity (Wildman–Crippen MR) is 315 cm³/mol. The molecule has 0 fully saturated rings. The minimum atomic E-state index is -0.819. The molecule has 0 rings (SSSR count). The van der Waals surface area contributed by atoms with Crippen LogP contribution in [0.3, 0.4) is 0 Å². The van der Waals surface area contributed by atoms with Crippen LogP contribution in [0.5, 0.6) is 0 Å². The summed E-state index contributed by atoms with van der Waals surface area (Å²) >= 11 is 0. The normalized spacial score (nSPS) is 13.3. The molecular formula is C67H104O6. The van der Waals surface area contributed by atoms with Crippen LogP contribution in [0.15, 0.2) is 158 Å². The van der Waals surface area contributed by atoms with E-state index in [2.05, 4.69) is 179 Å². The van der Waals surface area contributed by atoms with E-state index in [9.17, 15) is 14.4 Å². The van der Waals surface area contributed by atoms with E-state index in [0.717, 1.165) is 135 Å². The average molecular weight is 1010 g/mol. The summed E-state index contributed by atoms with van der Waals surface area (Å²) in [4.78, 5) is 38.0. The van der Waals surface area contributed by atoms with Gasteiger partial charge in [-0.05, 0) is 128 Å². The first kappa shape index (κ1) is 68.0. The maximum atomic E-state index is 12.8. The molecule has 0 aliphatic heterocycles. The van der Waals surface area contributed by atoms with E-state index in [-0.39, 0.29) is 44.0 Å². The molecule has 0 radical (unpaired) electrons. The van der Waals surface area contributed by atoms with Crippen molar-refractivity contribution in [3.8, 4) is 0 Å². The molecule has 0 aromatic heterocycles. The van der Waals surface area contributed by atoms with E-state index < -0.39 is 6.10 Å². The van der Waals surface area contributed by atoms with Gasteiger partial charge in [-0.2, -0.15) is 0 Å². The highest BCUT2D eigenvalue weighted by atomic mass is 16.6. The second kappa shape index (κ2) is 59.6. The zero-order valence-electron chi connectivity index (χ0n) is 46.6. The van der Waals surface area contributed by atoms with Gasteiger partial charge in [-0.15, -0.1) is 0 Å². The predicted octanol–water partition coefficient (Wildman–Crippen LogP) is 19.8. The van der Waals surface area contributed by atoms with Gasteiger partial charge in [-0.25, -0.2) is 0 Å². The number of unbranched alkanes of at least 4 members (excludes halogenated alkanes) is 13. The molecular weight excluding hydrogens is 901 g/mol. The van der Waals surface area contributed by atoms with Crippen LogP contribution in [0.1, 0.15) is 226 Å². The summed E-state index contributed by atoms with van der Waals surface area (Å²) in [5, 5.41) is 0. The second-order valence-corrected chi connectivity index (χ2v) is 18.4. The van der Waals surface area contributed by atoms with Crippen LogP contribution in [-0.4, -0.2) is 37.2 Å². The lowest BCUT2D eigenvalue weighted by Crippen LogP contribution is -2.30. The van der Waals surface area contributed by atoms with Crippen molar-refractivity contribution in [2.75, 3.05) is 13.2 Å². The minimum Gasteiger partial charge on any atom is -0.462 e. The zero-order chi connectivity index (χ0) is 52.9. The van der Waals surface area contributed by atoms with Gasteiger partial charge in [0.25, 0.3) is 0 Å². The van der Waals surface area contributed by atoms with Crippen LogP contribution >= 0.6 is 0 Å². The number of ether oxygens (including phenoxy) is 3. The number of esters is 3. The summed E-state index contributed by atoms with van der Waals surface area (Å²) in [6, 6.07) is 0. The number of hydrogen-bond donors (Lipinski definition) is 0. The Kier molecular flexibility index (Phi) is 55.5. The summed E-state index contributed by atoms with van der Waals surface area (Å²) in [6.07, 6.45) is 86.7. The van der Waals surface area contributed by atoms with E-state index in [4.69, 9.17) is 14.2 Å². The quantitative estimate of drug-likeness (QED) is 0.0261. The molecule has 6 heteroatoms. The third-order valence-corrected chi connectivity index (χ3v) is 11.5. The van der Waals surface area contributed by atoms with E-state index in [1.807, 2.05) is 0 Å². The van der Waals surface area contributed by atoms with Crippen LogP contribution in [0, 0.1) is 0 Å². The van der Waals surface area contributed by atoms with Gasteiger partial charge in [-0.3, -0.25) is 14.4 Å². The van der Waals surface area contributed by atoms with E-state index in [1.54, 1.807) is 0 Å². The van der Waals surface area contributed by atoms with Crippen molar-refractivity contribution in [2.24, 2.45) is 0 Å². The SMILES string of the molecule is CC/C=C\C/C=C\C/C=C\C/C=C\C/C=C\C/C=C\C/C=C\C/C=C\CCCCC(=O)OCC(COC(=O)CCCCCCCCCCC)OC(=O)CCCCC/C=C\C/C=C\C/C=C\C/C=C\C/C=C\CC. The summed E-state index contributed by atoms with van der Waals surface area (Å²) < 4.78 is 16.8. The summed E-state index contributed by atoms with van der Waals surface area (Å²) in [5.74, 6) is -1.00. The molecule has 0 spiro atoms. The topological polar surface area (TPSA) is 78.9 Å². The van der Waals surface area contributed by atoms with Gasteiger partial charge >= 0.3 is 17.9 Å². The van der Waals surface area contributed by atoms with Gasteiger partial charge in [0.1, 0.15) is 13.2 Å². The van der Waals surface area contributed by atoms with Gasteiger partial charge in [-0.1, -0.05) is 237 Å². The number of carbonyl (C=O) groups is 3. The Bertz CT molecular complexity index is 1670. The molecule has 1 atom stereocenters. The molecule has 6 nitrogen and oxygen atoms in total. The van der Waals surface area contributed by atoms with E-state index in [1.165, 1.54) is 38.5 Å². The first-order valence-corrected chi connectivity index (χ1v) is 29.0. The first-order chi connectivity index (χ1) is 36.0. The molecule has 0 bridgehead atoms. The maximum Gasteiger partial charge on any atom is 0.306 e. The fourth-order valence-electron chi connectivity index (χ4n) is 7.25. The molecule has 0 amide bonds. The first-order valence-electron chi connectivity index (χ1n) is 29.0. The third kappa shape index (κ3) is 57.8. The smallest absolute Gasteiger partial charge is 0.306 e. The standard InChI is InChI=1S/C67H104O6/c1-4-7-10-13-16-19-21-23-25-27-29-30-31-32-33-34-35-36-38-39-41-43-45-48-51-54-57-60-66(69)72-63-64(62-71-65(68)59-56-53-50-47-18-15-12-9-6-3)73-67(70)61-58-55-52-49-46-44-42-40-37-28-26-24-22-20-17-14-11-8-5-2/h7-8,10-11,16-17,19-20,23-26,29-30,32-33,35-37,39-41,44-46,48,64H,4-6,9,12-15,18,21-22,27-28,31,34,38,42-43,47,49-63H2,1-3H3/b10-7-,11-8-,19-16-,20-17-,25-23-,26-24-,30-29-,33-32-,36-35-,40-37-,41-39-,46-44-,48-45-. The average Bonchev–Trinajstić information content (AvgIpc) is 3.39. The lowest BCUT2D eigenvalue weighted by Gasteiger charge is -2.18.